The Labute approximate surface area is 154 Å². The molecule has 1 aliphatic rings. The molecule has 1 aliphatic heterocycles. The minimum Gasteiger partial charge on any atom is -0.387 e. The number of carbonyl (C=O) groups is 2. The molecule has 144 valence electrons. The predicted molar refractivity (Wildman–Crippen MR) is 102 cm³/mol. The Kier molecular flexibility index (Phi) is 6.96. The molecule has 3 amide bonds. The van der Waals surface area contributed by atoms with E-state index in [0.717, 1.165) is 18.5 Å². The molecular formula is C18H29N5O3. The summed E-state index contributed by atoms with van der Waals surface area (Å²) in [6, 6.07) is 4.95. The van der Waals surface area contributed by atoms with Gasteiger partial charge in [-0.3, -0.25) is 4.79 Å². The van der Waals surface area contributed by atoms with Crippen molar-refractivity contribution in [1.29, 1.82) is 0 Å². The standard InChI is InChI=1S/C18H29N5O3/c1-13-14(21-16(24)10-23(2)3)6-4-7-15(13)22-17(25)20-12-18(26)8-5-9-19-11-18/h4,6-7,19,26H,5,8-12H2,1-3H3,(H,21,24)(H2,20,22,25). The van der Waals surface area contributed by atoms with Crippen LogP contribution in [0.4, 0.5) is 16.2 Å². The van der Waals surface area contributed by atoms with E-state index in [1.54, 1.807) is 23.1 Å². The third-order valence-corrected chi connectivity index (χ3v) is 4.34. The summed E-state index contributed by atoms with van der Waals surface area (Å²) in [4.78, 5) is 25.9. The van der Waals surface area contributed by atoms with Crippen molar-refractivity contribution >= 4 is 23.3 Å². The zero-order valence-corrected chi connectivity index (χ0v) is 15.7. The highest BCUT2D eigenvalue weighted by molar-refractivity contribution is 5.96. The molecule has 0 spiro atoms. The Morgan fingerprint density at radius 1 is 1.27 bits per heavy atom. The number of rotatable bonds is 6. The molecule has 1 aromatic rings. The van der Waals surface area contributed by atoms with E-state index in [4.69, 9.17) is 0 Å². The second-order valence-corrected chi connectivity index (χ2v) is 7.08. The topological polar surface area (TPSA) is 106 Å². The van der Waals surface area contributed by atoms with E-state index in [-0.39, 0.29) is 25.0 Å². The fourth-order valence-electron chi connectivity index (χ4n) is 2.90. The Bertz CT molecular complexity index is 642. The monoisotopic (exact) mass is 363 g/mol. The number of hydrogen-bond acceptors (Lipinski definition) is 5. The molecule has 0 aromatic heterocycles. The quantitative estimate of drug-likeness (QED) is 0.512. The number of aliphatic hydroxyl groups is 1. The van der Waals surface area contributed by atoms with Crippen molar-refractivity contribution < 1.29 is 14.7 Å². The minimum absolute atomic E-state index is 0.119. The molecule has 0 aliphatic carbocycles. The number of β-amino-alcohol motifs (C(OH)–C–C–N with tert-alkyl or cyclic N) is 1. The Morgan fingerprint density at radius 3 is 2.58 bits per heavy atom. The molecule has 1 atom stereocenters. The summed E-state index contributed by atoms with van der Waals surface area (Å²) in [6.45, 7) is 3.66. The highest BCUT2D eigenvalue weighted by atomic mass is 16.3. The second-order valence-electron chi connectivity index (χ2n) is 7.08. The number of piperidine rings is 1. The van der Waals surface area contributed by atoms with Crippen LogP contribution in [0.2, 0.25) is 0 Å². The summed E-state index contributed by atoms with van der Waals surface area (Å²) in [6.07, 6.45) is 1.54. The van der Waals surface area contributed by atoms with E-state index in [0.29, 0.717) is 24.3 Å². The summed E-state index contributed by atoms with van der Waals surface area (Å²) in [5, 5.41) is 21.9. The van der Waals surface area contributed by atoms with E-state index in [1.165, 1.54) is 0 Å². The van der Waals surface area contributed by atoms with Crippen molar-refractivity contribution in [2.24, 2.45) is 0 Å². The van der Waals surface area contributed by atoms with E-state index >= 15 is 0 Å². The number of likely N-dealkylation sites (N-methyl/N-ethyl adjacent to an activating group) is 1. The maximum atomic E-state index is 12.2. The lowest BCUT2D eigenvalue weighted by atomic mass is 9.94. The molecule has 0 saturated carbocycles. The van der Waals surface area contributed by atoms with Gasteiger partial charge in [-0.05, 0) is 58.1 Å². The van der Waals surface area contributed by atoms with Gasteiger partial charge in [0.1, 0.15) is 0 Å². The van der Waals surface area contributed by atoms with Crippen LogP contribution < -0.4 is 21.3 Å². The van der Waals surface area contributed by atoms with Gasteiger partial charge in [0.2, 0.25) is 5.91 Å². The van der Waals surface area contributed by atoms with Crippen LogP contribution >= 0.6 is 0 Å². The van der Waals surface area contributed by atoms with Crippen LogP contribution in [0.25, 0.3) is 0 Å². The maximum Gasteiger partial charge on any atom is 0.319 e. The Hall–Kier alpha value is -2.16. The van der Waals surface area contributed by atoms with Crippen molar-refractivity contribution in [3.63, 3.8) is 0 Å². The predicted octanol–water partition coefficient (Wildman–Crippen LogP) is 0.731. The largest absolute Gasteiger partial charge is 0.387 e. The van der Waals surface area contributed by atoms with Gasteiger partial charge < -0.3 is 31.3 Å². The van der Waals surface area contributed by atoms with Gasteiger partial charge in [0.15, 0.2) is 0 Å². The van der Waals surface area contributed by atoms with Crippen LogP contribution in [0.15, 0.2) is 18.2 Å². The summed E-state index contributed by atoms with van der Waals surface area (Å²) < 4.78 is 0. The normalized spacial score (nSPS) is 19.9. The molecule has 8 nitrogen and oxygen atoms in total. The van der Waals surface area contributed by atoms with Gasteiger partial charge >= 0.3 is 6.03 Å². The smallest absolute Gasteiger partial charge is 0.319 e. The molecule has 1 unspecified atom stereocenters. The third kappa shape index (κ3) is 5.98. The molecule has 1 saturated heterocycles. The lowest BCUT2D eigenvalue weighted by Crippen LogP contribution is -2.53. The van der Waals surface area contributed by atoms with Gasteiger partial charge in [-0.1, -0.05) is 6.07 Å². The van der Waals surface area contributed by atoms with E-state index < -0.39 is 5.60 Å². The van der Waals surface area contributed by atoms with Crippen molar-refractivity contribution in [1.82, 2.24) is 15.5 Å². The van der Waals surface area contributed by atoms with Crippen molar-refractivity contribution in [2.45, 2.75) is 25.4 Å². The molecule has 26 heavy (non-hydrogen) atoms. The number of benzene rings is 1. The average Bonchev–Trinajstić information content (AvgIpc) is 2.57. The summed E-state index contributed by atoms with van der Waals surface area (Å²) in [5.41, 5.74) is 1.13. The number of nitrogens with one attached hydrogen (secondary N) is 4. The van der Waals surface area contributed by atoms with Crippen molar-refractivity contribution in [3.05, 3.63) is 23.8 Å². The summed E-state index contributed by atoms with van der Waals surface area (Å²) >= 11 is 0. The fourth-order valence-corrected chi connectivity index (χ4v) is 2.90. The lowest BCUT2D eigenvalue weighted by molar-refractivity contribution is -0.116. The van der Waals surface area contributed by atoms with Crippen LogP contribution in [-0.2, 0) is 4.79 Å². The lowest BCUT2D eigenvalue weighted by Gasteiger charge is -2.32. The molecule has 1 fully saturated rings. The van der Waals surface area contributed by atoms with E-state index in [2.05, 4.69) is 21.3 Å². The Balaban J connectivity index is 1.93. The third-order valence-electron chi connectivity index (χ3n) is 4.34. The van der Waals surface area contributed by atoms with Crippen LogP contribution in [-0.4, -0.2) is 67.8 Å². The first-order valence-electron chi connectivity index (χ1n) is 8.81. The zero-order chi connectivity index (χ0) is 19.2. The SMILES string of the molecule is Cc1c(NC(=O)CN(C)C)cccc1NC(=O)NCC1(O)CCCNC1. The number of anilines is 2. The number of urea groups is 1. The molecule has 0 bridgehead atoms. The van der Waals surface area contributed by atoms with Crippen LogP contribution in [0, 0.1) is 6.92 Å². The van der Waals surface area contributed by atoms with Crippen LogP contribution in [0.5, 0.6) is 0 Å². The fraction of sp³-hybridized carbons (Fsp3) is 0.556. The molecule has 1 aromatic carbocycles. The molecule has 5 N–H and O–H groups in total. The summed E-state index contributed by atoms with van der Waals surface area (Å²) in [5.74, 6) is -0.119. The first kappa shape index (κ1) is 20.2. The van der Waals surface area contributed by atoms with E-state index in [1.807, 2.05) is 21.0 Å². The van der Waals surface area contributed by atoms with Gasteiger partial charge in [0.05, 0.1) is 12.1 Å². The number of carbonyl (C=O) groups excluding carboxylic acids is 2. The molecule has 2 rings (SSSR count). The summed E-state index contributed by atoms with van der Waals surface area (Å²) in [7, 11) is 3.65. The number of hydrogen-bond donors (Lipinski definition) is 5. The molecule has 0 radical (unpaired) electrons. The number of amides is 3. The average molecular weight is 363 g/mol. The maximum absolute atomic E-state index is 12.2. The molecular weight excluding hydrogens is 334 g/mol. The number of nitrogens with zero attached hydrogens (tertiary/aromatic N) is 1. The highest BCUT2D eigenvalue weighted by Gasteiger charge is 2.29. The first-order valence-corrected chi connectivity index (χ1v) is 8.81. The minimum atomic E-state index is -0.910. The van der Waals surface area contributed by atoms with Gasteiger partial charge in [0, 0.05) is 24.5 Å². The van der Waals surface area contributed by atoms with Crippen molar-refractivity contribution in [3.8, 4) is 0 Å². The first-order chi connectivity index (χ1) is 12.3. The van der Waals surface area contributed by atoms with Gasteiger partial charge in [-0.25, -0.2) is 4.79 Å². The van der Waals surface area contributed by atoms with Crippen LogP contribution in [0.1, 0.15) is 18.4 Å². The Morgan fingerprint density at radius 2 is 1.96 bits per heavy atom. The van der Waals surface area contributed by atoms with Gasteiger partial charge in [-0.2, -0.15) is 0 Å². The van der Waals surface area contributed by atoms with Crippen LogP contribution in [0.3, 0.4) is 0 Å². The second kappa shape index (κ2) is 8.98. The van der Waals surface area contributed by atoms with E-state index in [9.17, 15) is 14.7 Å². The van der Waals surface area contributed by atoms with Gasteiger partial charge in [0.25, 0.3) is 0 Å². The zero-order valence-electron chi connectivity index (χ0n) is 15.7. The molecule has 1 heterocycles. The van der Waals surface area contributed by atoms with Gasteiger partial charge in [-0.15, -0.1) is 0 Å². The van der Waals surface area contributed by atoms with Crippen molar-refractivity contribution in [2.75, 3.05) is 50.9 Å². The highest BCUT2D eigenvalue weighted by Crippen LogP contribution is 2.23. The molecule has 8 heteroatoms.